The summed E-state index contributed by atoms with van der Waals surface area (Å²) in [6.45, 7) is 2.11. The molecule has 2 heterocycles. The smallest absolute Gasteiger partial charge is 0.249 e. The lowest BCUT2D eigenvalue weighted by Crippen LogP contribution is -2.59. The van der Waals surface area contributed by atoms with Crippen LogP contribution in [0.4, 0.5) is 0 Å². The molecule has 1 aliphatic heterocycles. The first-order valence-corrected chi connectivity index (χ1v) is 6.09. The van der Waals surface area contributed by atoms with Crippen LogP contribution in [-0.2, 0) is 20.9 Å². The van der Waals surface area contributed by atoms with Crippen LogP contribution in [0.5, 0.6) is 0 Å². The van der Waals surface area contributed by atoms with Gasteiger partial charge in [-0.15, -0.1) is 5.10 Å². The summed E-state index contributed by atoms with van der Waals surface area (Å²) in [7, 11) is 0. The number of carbonyl (C=O) groups is 3. The second kappa shape index (κ2) is 5.59. The lowest BCUT2D eigenvalue weighted by Gasteiger charge is -2.33. The van der Waals surface area contributed by atoms with E-state index in [4.69, 9.17) is 0 Å². The summed E-state index contributed by atoms with van der Waals surface area (Å²) in [5.74, 6) is -1.08. The van der Waals surface area contributed by atoms with Crippen LogP contribution in [0.2, 0.25) is 0 Å². The summed E-state index contributed by atoms with van der Waals surface area (Å²) < 4.78 is 1.53. The molecule has 1 aromatic heterocycles. The third-order valence-electron chi connectivity index (χ3n) is 2.99. The van der Waals surface area contributed by atoms with Gasteiger partial charge in [0.15, 0.2) is 0 Å². The van der Waals surface area contributed by atoms with E-state index in [1.54, 1.807) is 13.1 Å². The van der Waals surface area contributed by atoms with Crippen molar-refractivity contribution in [1.82, 2.24) is 25.2 Å². The van der Waals surface area contributed by atoms with E-state index in [0.29, 0.717) is 13.0 Å². The molecule has 8 heteroatoms. The van der Waals surface area contributed by atoms with Gasteiger partial charge in [-0.3, -0.25) is 24.4 Å². The Hall–Kier alpha value is -2.25. The highest BCUT2D eigenvalue weighted by molar-refractivity contribution is 6.04. The number of aromatic nitrogens is 3. The highest BCUT2D eigenvalue weighted by Gasteiger charge is 2.35. The summed E-state index contributed by atoms with van der Waals surface area (Å²) in [5, 5.41) is 9.63. The Morgan fingerprint density at radius 1 is 1.53 bits per heavy atom. The number of hydrogen-bond donors (Lipinski definition) is 1. The number of piperazine rings is 1. The fraction of sp³-hybridized carbons (Fsp3) is 0.545. The van der Waals surface area contributed by atoms with E-state index in [-0.39, 0.29) is 18.9 Å². The molecular weight excluding hydrogens is 250 g/mol. The molecule has 1 aromatic rings. The molecule has 0 aromatic carbocycles. The van der Waals surface area contributed by atoms with Crippen molar-refractivity contribution in [2.45, 2.75) is 32.4 Å². The molecule has 19 heavy (non-hydrogen) atoms. The maximum atomic E-state index is 12.1. The lowest BCUT2D eigenvalue weighted by molar-refractivity contribution is -0.150. The van der Waals surface area contributed by atoms with E-state index in [0.717, 1.165) is 0 Å². The van der Waals surface area contributed by atoms with Gasteiger partial charge in [-0.1, -0.05) is 12.1 Å². The fourth-order valence-electron chi connectivity index (χ4n) is 2.04. The third kappa shape index (κ3) is 2.95. The minimum Gasteiger partial charge on any atom is -0.321 e. The van der Waals surface area contributed by atoms with Crippen LogP contribution in [-0.4, -0.2) is 50.2 Å². The molecule has 0 saturated carbocycles. The standard InChI is InChI=1S/C11H15N5O3/c1-2-8-11(19)13-9(17)7-16(8)10(18)3-5-15-6-4-12-14-15/h4,6,8H,2-3,5,7H2,1H3,(H,13,17,19). The Bertz CT molecular complexity index is 485. The predicted molar refractivity (Wildman–Crippen MR) is 63.6 cm³/mol. The Morgan fingerprint density at radius 3 is 2.95 bits per heavy atom. The lowest BCUT2D eigenvalue weighted by atomic mass is 10.1. The zero-order chi connectivity index (χ0) is 13.8. The normalized spacial score (nSPS) is 19.4. The fourth-order valence-corrected chi connectivity index (χ4v) is 2.04. The van der Waals surface area contributed by atoms with Crippen molar-refractivity contribution in [3.05, 3.63) is 12.4 Å². The number of carbonyl (C=O) groups excluding carboxylic acids is 3. The molecule has 3 amide bonds. The average Bonchev–Trinajstić information content (AvgIpc) is 2.88. The molecule has 2 rings (SSSR count). The van der Waals surface area contributed by atoms with Crippen LogP contribution in [0.3, 0.4) is 0 Å². The van der Waals surface area contributed by atoms with Gasteiger partial charge in [0.2, 0.25) is 17.7 Å². The van der Waals surface area contributed by atoms with Crippen molar-refractivity contribution >= 4 is 17.7 Å². The Balaban J connectivity index is 1.99. The predicted octanol–water partition coefficient (Wildman–Crippen LogP) is -1.07. The van der Waals surface area contributed by atoms with Crippen molar-refractivity contribution < 1.29 is 14.4 Å². The molecule has 1 unspecified atom stereocenters. The monoisotopic (exact) mass is 265 g/mol. The Morgan fingerprint density at radius 2 is 2.32 bits per heavy atom. The van der Waals surface area contributed by atoms with E-state index in [2.05, 4.69) is 15.6 Å². The largest absolute Gasteiger partial charge is 0.321 e. The maximum absolute atomic E-state index is 12.1. The Kier molecular flexibility index (Phi) is 3.88. The quantitative estimate of drug-likeness (QED) is 0.699. The summed E-state index contributed by atoms with van der Waals surface area (Å²) >= 11 is 0. The van der Waals surface area contributed by atoms with Gasteiger partial charge in [0.05, 0.1) is 12.7 Å². The number of nitrogens with one attached hydrogen (secondary N) is 1. The van der Waals surface area contributed by atoms with Gasteiger partial charge in [0.1, 0.15) is 12.6 Å². The first-order valence-electron chi connectivity index (χ1n) is 6.09. The zero-order valence-electron chi connectivity index (χ0n) is 10.6. The van der Waals surface area contributed by atoms with Gasteiger partial charge in [0, 0.05) is 12.6 Å². The topological polar surface area (TPSA) is 97.2 Å². The molecule has 1 fully saturated rings. The van der Waals surface area contributed by atoms with Crippen LogP contribution < -0.4 is 5.32 Å². The van der Waals surface area contributed by atoms with Crippen LogP contribution in [0.1, 0.15) is 19.8 Å². The van der Waals surface area contributed by atoms with Crippen LogP contribution in [0.25, 0.3) is 0 Å². The van der Waals surface area contributed by atoms with Gasteiger partial charge in [-0.05, 0) is 6.42 Å². The summed E-state index contributed by atoms with van der Waals surface area (Å²) in [6.07, 6.45) is 3.84. The number of hydrogen-bond acceptors (Lipinski definition) is 5. The van der Waals surface area contributed by atoms with Crippen LogP contribution >= 0.6 is 0 Å². The molecule has 1 saturated heterocycles. The number of imide groups is 1. The van der Waals surface area contributed by atoms with Crippen molar-refractivity contribution in [2.24, 2.45) is 0 Å². The van der Waals surface area contributed by atoms with Crippen molar-refractivity contribution in [2.75, 3.05) is 6.54 Å². The second-order valence-electron chi connectivity index (χ2n) is 4.27. The van der Waals surface area contributed by atoms with Crippen molar-refractivity contribution in [1.29, 1.82) is 0 Å². The van der Waals surface area contributed by atoms with E-state index in [1.807, 2.05) is 0 Å². The minimum absolute atomic E-state index is 0.0690. The highest BCUT2D eigenvalue weighted by atomic mass is 16.2. The Labute approximate surface area is 109 Å². The van der Waals surface area contributed by atoms with Gasteiger partial charge in [-0.2, -0.15) is 0 Å². The van der Waals surface area contributed by atoms with E-state index >= 15 is 0 Å². The maximum Gasteiger partial charge on any atom is 0.249 e. The SMILES string of the molecule is CCC1C(=O)NC(=O)CN1C(=O)CCn1ccnn1. The average molecular weight is 265 g/mol. The highest BCUT2D eigenvalue weighted by Crippen LogP contribution is 2.11. The van der Waals surface area contributed by atoms with Crippen LogP contribution in [0.15, 0.2) is 12.4 Å². The number of nitrogens with zero attached hydrogens (tertiary/aromatic N) is 4. The molecule has 0 bridgehead atoms. The molecule has 0 radical (unpaired) electrons. The molecule has 1 N–H and O–H groups in total. The van der Waals surface area contributed by atoms with Gasteiger partial charge < -0.3 is 4.90 Å². The van der Waals surface area contributed by atoms with E-state index < -0.39 is 17.9 Å². The van der Waals surface area contributed by atoms with Crippen LogP contribution in [0, 0.1) is 0 Å². The van der Waals surface area contributed by atoms with Gasteiger partial charge in [-0.25, -0.2) is 0 Å². The number of amides is 3. The van der Waals surface area contributed by atoms with E-state index in [9.17, 15) is 14.4 Å². The number of rotatable bonds is 4. The molecule has 8 nitrogen and oxygen atoms in total. The van der Waals surface area contributed by atoms with Gasteiger partial charge in [0.25, 0.3) is 0 Å². The first kappa shape index (κ1) is 13.2. The second-order valence-corrected chi connectivity index (χ2v) is 4.27. The first-order chi connectivity index (χ1) is 9.11. The molecule has 102 valence electrons. The molecule has 1 aliphatic rings. The van der Waals surface area contributed by atoms with Crippen molar-refractivity contribution in [3.63, 3.8) is 0 Å². The molecule has 0 aliphatic carbocycles. The third-order valence-corrected chi connectivity index (χ3v) is 2.99. The van der Waals surface area contributed by atoms with E-state index in [1.165, 1.54) is 15.8 Å². The van der Waals surface area contributed by atoms with Gasteiger partial charge >= 0.3 is 0 Å². The zero-order valence-corrected chi connectivity index (χ0v) is 10.6. The summed E-state index contributed by atoms with van der Waals surface area (Å²) in [5.41, 5.74) is 0. The molecule has 1 atom stereocenters. The molecule has 0 spiro atoms. The minimum atomic E-state index is -0.569. The van der Waals surface area contributed by atoms with Crippen molar-refractivity contribution in [3.8, 4) is 0 Å². The molecular formula is C11H15N5O3. The summed E-state index contributed by atoms with van der Waals surface area (Å²) in [4.78, 5) is 36.4. The number of aryl methyl sites for hydroxylation is 1. The summed E-state index contributed by atoms with van der Waals surface area (Å²) in [6, 6.07) is -0.569.